The number of nitrogens with one attached hydrogen (secondary N) is 5. The first-order valence-corrected chi connectivity index (χ1v) is 35.3. The molecule has 6 atom stereocenters. The minimum Gasteiger partial charge on any atom is -0.481 e. The standard InChI is InChI=1S/C18H35BN2O4.C15H27NO5.C14H25NO5.C12H24N2O4.C4H12BN.C3H5F3O3S/c1-13(22)12-15(16(23)21-14(2)19(6)7)10-8-9-11-20-17(24)25-18(3,4)5;1-11(17)10-12(13(18)20-5)8-6-7-9-16-14(19)21-15(2,3)4;1-10(16)9-11(12(17)18)7-5-6-8-15-13(19)20-14(2,3)4;1-12(2,3)18-11(16)14-8-6-5-7-9(13)10(15)17-4;1-4(6)5(2)3;1-2-9-10(7,8)3(4,5)6/h14-15H,8-12H2,1-7H3,(H,20,24)(H,21,23);12H,6-10H2,1-5H3,(H,16,19);11H,5-9H2,1-4H3,(H,15,19)(H,17,18);9H,5-8,13H2,1-4H3,(H,14,16);4H,6H2,1-3H3;2H2,1H3/t14?,15-;12-;11-;9-;;/m1110../s1. The zero-order valence-corrected chi connectivity index (χ0v) is 65.4. The van der Waals surface area contributed by atoms with Crippen molar-refractivity contribution in [1.29, 1.82) is 0 Å². The number of hydrogen-bond acceptors (Lipinski definition) is 22. The van der Waals surface area contributed by atoms with E-state index in [9.17, 15) is 74.3 Å². The van der Waals surface area contributed by atoms with Gasteiger partial charge in [-0.25, -0.2) is 19.2 Å². The van der Waals surface area contributed by atoms with Gasteiger partial charge in [-0.15, -0.1) is 0 Å². The van der Waals surface area contributed by atoms with Gasteiger partial charge >= 0.3 is 57.9 Å². The molecule has 0 saturated heterocycles. The number of Topliss-reactive ketones (excluding diaryl/α,β-unsaturated/α-hetero) is 3. The van der Waals surface area contributed by atoms with E-state index in [2.05, 4.69) is 53.9 Å². The number of ketones is 3. The Morgan fingerprint density at radius 3 is 0.990 bits per heavy atom. The predicted octanol–water partition coefficient (Wildman–Crippen LogP) is 10.6. The summed E-state index contributed by atoms with van der Waals surface area (Å²) in [4.78, 5) is 125. The Hall–Kier alpha value is -6.28. The number of rotatable bonds is 35. The average Bonchev–Trinajstić information content (AvgIpc) is 0.859. The number of amides is 5. The normalized spacial score (nSPS) is 13.0. The Balaban J connectivity index is -0.000000275. The highest BCUT2D eigenvalue weighted by Crippen LogP contribution is 2.24. The number of halogens is 3. The van der Waals surface area contributed by atoms with E-state index in [-0.39, 0.29) is 60.3 Å². The molecule has 0 aromatic heterocycles. The lowest BCUT2D eigenvalue weighted by Gasteiger charge is -2.21. The van der Waals surface area contributed by atoms with Crippen molar-refractivity contribution in [2.24, 2.45) is 29.2 Å². The van der Waals surface area contributed by atoms with Gasteiger partial charge in [-0.3, -0.25) is 23.4 Å². The summed E-state index contributed by atoms with van der Waals surface area (Å²) < 4.78 is 86.8. The highest BCUT2D eigenvalue weighted by Gasteiger charge is 2.47. The number of unbranched alkanes of at least 4 members (excludes halogenated alkanes) is 4. The fraction of sp³-hybridized carbons (Fsp3) is 0.833. The molecule has 0 heterocycles. The largest absolute Gasteiger partial charge is 0.523 e. The average molecular weight is 1470 g/mol. The molecule has 0 radical (unpaired) electrons. The first-order chi connectivity index (χ1) is 45.4. The molecule has 0 aromatic rings. The van der Waals surface area contributed by atoms with Crippen LogP contribution in [0, 0.1) is 17.8 Å². The Labute approximate surface area is 595 Å². The van der Waals surface area contributed by atoms with E-state index in [4.69, 9.17) is 35.5 Å². The predicted molar refractivity (Wildman–Crippen MR) is 381 cm³/mol. The van der Waals surface area contributed by atoms with Crippen LogP contribution < -0.4 is 38.1 Å². The van der Waals surface area contributed by atoms with Crippen LogP contribution in [0.4, 0.5) is 32.3 Å². The van der Waals surface area contributed by atoms with Crippen molar-refractivity contribution in [2.75, 3.05) is 47.0 Å². The number of hydrogen-bond donors (Lipinski definition) is 8. The minimum atomic E-state index is -5.35. The molecule has 0 aliphatic carbocycles. The van der Waals surface area contributed by atoms with Crippen LogP contribution >= 0.6 is 0 Å². The van der Waals surface area contributed by atoms with E-state index < -0.39 is 98.8 Å². The number of carbonyl (C=O) groups is 11. The molecular formula is C66H128B2F3N7O21S. The maximum Gasteiger partial charge on any atom is 0.523 e. The summed E-state index contributed by atoms with van der Waals surface area (Å²) >= 11 is 0. The summed E-state index contributed by atoms with van der Waals surface area (Å²) in [7, 11) is -2.72. The summed E-state index contributed by atoms with van der Waals surface area (Å²) in [6, 6.07) is -0.587. The SMILES string of the molecule is CB(C)C(C)N.CB(C)C(C)NC(=O)[C@H](CCCCNC(=O)OC(C)(C)C)CC(C)=O.CC(=O)C[C@@H](CCCCNC(=O)OC(C)(C)C)C(=O)O.CCOS(=O)(=O)C(F)(F)F.COC(=O)[C@@H](N)CCCCNC(=O)OC(C)(C)C.COC(=O)[C@H](CCCCNC(=O)OC(C)(C)C)CC(C)=O. The van der Waals surface area contributed by atoms with Crippen molar-refractivity contribution in [3.8, 4) is 0 Å². The van der Waals surface area contributed by atoms with E-state index in [1.807, 2.05) is 69.0 Å². The van der Waals surface area contributed by atoms with Gasteiger partial charge in [0, 0.05) is 57.3 Å². The smallest absolute Gasteiger partial charge is 0.481 e. The first-order valence-electron chi connectivity index (χ1n) is 33.9. The lowest BCUT2D eigenvalue weighted by atomic mass is 9.49. The molecule has 586 valence electrons. The maximum atomic E-state index is 12.4. The molecular weight excluding hydrogens is 1340 g/mol. The van der Waals surface area contributed by atoms with Crippen LogP contribution in [0.15, 0.2) is 0 Å². The molecule has 0 spiro atoms. The molecule has 0 aliphatic rings. The summed E-state index contributed by atoms with van der Waals surface area (Å²) in [6.07, 6.45) is 6.63. The summed E-state index contributed by atoms with van der Waals surface area (Å²) in [5.74, 6) is -2.80. The topological polar surface area (TPSA) is 419 Å². The van der Waals surface area contributed by atoms with E-state index in [0.717, 1.165) is 39.0 Å². The van der Waals surface area contributed by atoms with Crippen LogP contribution in [0.2, 0.25) is 27.3 Å². The number of methoxy groups -OCH3 is 2. The highest BCUT2D eigenvalue weighted by atomic mass is 32.2. The van der Waals surface area contributed by atoms with Crippen molar-refractivity contribution < 1.29 is 112 Å². The zero-order valence-electron chi connectivity index (χ0n) is 64.6. The third-order valence-electron chi connectivity index (χ3n) is 12.9. The molecule has 5 amide bonds. The van der Waals surface area contributed by atoms with Crippen LogP contribution in [0.5, 0.6) is 0 Å². The number of esters is 2. The van der Waals surface area contributed by atoms with Gasteiger partial charge < -0.3 is 86.0 Å². The fourth-order valence-corrected chi connectivity index (χ4v) is 7.65. The highest BCUT2D eigenvalue weighted by molar-refractivity contribution is 7.87. The lowest BCUT2D eigenvalue weighted by Crippen LogP contribution is -2.44. The van der Waals surface area contributed by atoms with Gasteiger partial charge in [-0.05, 0) is 175 Å². The van der Waals surface area contributed by atoms with Gasteiger partial charge in [-0.1, -0.05) is 60.4 Å². The van der Waals surface area contributed by atoms with Gasteiger partial charge in [0.05, 0.1) is 32.7 Å². The zero-order chi connectivity index (χ0) is 79.6. The van der Waals surface area contributed by atoms with Crippen molar-refractivity contribution in [1.82, 2.24) is 26.6 Å². The second-order valence-electron chi connectivity index (χ2n) is 28.4. The second-order valence-corrected chi connectivity index (χ2v) is 30.1. The summed E-state index contributed by atoms with van der Waals surface area (Å²) in [5, 5.41) is 22.5. The van der Waals surface area contributed by atoms with Crippen molar-refractivity contribution in [3.63, 3.8) is 0 Å². The van der Waals surface area contributed by atoms with Gasteiger partial charge in [0.1, 0.15) is 45.8 Å². The van der Waals surface area contributed by atoms with Crippen molar-refractivity contribution in [2.45, 2.75) is 294 Å². The van der Waals surface area contributed by atoms with Gasteiger partial charge in [0.2, 0.25) is 5.91 Å². The fourth-order valence-electron chi connectivity index (χ4n) is 7.20. The number of aliphatic carboxylic acids is 1. The summed E-state index contributed by atoms with van der Waals surface area (Å²) in [5.41, 5.74) is 3.66. The second kappa shape index (κ2) is 55.3. The van der Waals surface area contributed by atoms with E-state index in [1.165, 1.54) is 35.0 Å². The molecule has 0 saturated carbocycles. The molecule has 10 N–H and O–H groups in total. The van der Waals surface area contributed by atoms with E-state index in [0.29, 0.717) is 90.5 Å². The number of carboxylic acid groups (broad SMARTS) is 1. The number of carbonyl (C=O) groups excluding carboxylic acids is 10. The third kappa shape index (κ3) is 71.5. The number of alkyl halides is 3. The van der Waals surface area contributed by atoms with E-state index in [1.54, 1.807) is 41.5 Å². The number of nitrogens with two attached hydrogens (primary N) is 2. The Bertz CT molecular complexity index is 2480. The molecule has 0 bridgehead atoms. The third-order valence-corrected chi connectivity index (χ3v) is 14.0. The molecule has 100 heavy (non-hydrogen) atoms. The Morgan fingerprint density at radius 1 is 0.470 bits per heavy atom. The minimum absolute atomic E-state index is 0.0178. The van der Waals surface area contributed by atoms with Crippen LogP contribution in [0.25, 0.3) is 0 Å². The van der Waals surface area contributed by atoms with Crippen LogP contribution in [0.1, 0.15) is 221 Å². The van der Waals surface area contributed by atoms with Gasteiger partial charge in [-0.2, -0.15) is 21.6 Å². The first kappa shape index (κ1) is 105. The molecule has 0 rings (SSSR count). The monoisotopic (exact) mass is 1470 g/mol. The van der Waals surface area contributed by atoms with Crippen LogP contribution in [0.3, 0.4) is 0 Å². The molecule has 0 aromatic carbocycles. The maximum absolute atomic E-state index is 12.4. The lowest BCUT2D eigenvalue weighted by molar-refractivity contribution is -0.147. The Morgan fingerprint density at radius 2 is 0.750 bits per heavy atom. The van der Waals surface area contributed by atoms with Gasteiger partial charge in [0.25, 0.3) is 0 Å². The van der Waals surface area contributed by atoms with Crippen LogP contribution in [-0.4, -0.2) is 185 Å². The quantitative estimate of drug-likeness (QED) is 0.00730. The number of ether oxygens (including phenoxy) is 6. The van der Waals surface area contributed by atoms with Crippen molar-refractivity contribution >= 4 is 89.1 Å². The Kier molecular flexibility index (Phi) is 57.9. The van der Waals surface area contributed by atoms with Gasteiger partial charge in [0.15, 0.2) is 13.4 Å². The molecule has 0 aliphatic heterocycles. The summed E-state index contributed by atoms with van der Waals surface area (Å²) in [6.45, 7) is 41.8. The van der Waals surface area contributed by atoms with E-state index >= 15 is 0 Å². The molecule has 34 heteroatoms. The molecule has 28 nitrogen and oxygen atoms in total. The van der Waals surface area contributed by atoms with Crippen molar-refractivity contribution in [3.05, 3.63) is 0 Å². The number of alkyl carbamates (subject to hydrolysis) is 4. The molecule has 0 fully saturated rings. The number of carboxylic acids is 1. The van der Waals surface area contributed by atoms with Crippen LogP contribution in [-0.2, 0) is 76.3 Å². The molecule has 2 unspecified atom stereocenters.